The lowest BCUT2D eigenvalue weighted by Gasteiger charge is -2.30. The molecule has 2 N–H and O–H groups in total. The minimum atomic E-state index is 0. The van der Waals surface area contributed by atoms with Gasteiger partial charge in [-0.05, 0) is 56.1 Å². The number of benzene rings is 1. The van der Waals surface area contributed by atoms with Crippen LogP contribution in [0.25, 0.3) is 0 Å². The molecular formula is C13H21BrCl2N2. The Morgan fingerprint density at radius 2 is 1.83 bits per heavy atom. The third-order valence-electron chi connectivity index (χ3n) is 3.14. The molecule has 0 bridgehead atoms. The summed E-state index contributed by atoms with van der Waals surface area (Å²) < 4.78 is 1.18. The van der Waals surface area contributed by atoms with Gasteiger partial charge in [-0.25, -0.2) is 0 Å². The predicted molar refractivity (Wildman–Crippen MR) is 85.9 cm³/mol. The highest BCUT2D eigenvalue weighted by Crippen LogP contribution is 2.18. The maximum absolute atomic E-state index is 5.90. The highest BCUT2D eigenvalue weighted by molar-refractivity contribution is 9.10. The van der Waals surface area contributed by atoms with Gasteiger partial charge in [0.15, 0.2) is 0 Å². The molecule has 1 heterocycles. The monoisotopic (exact) mass is 354 g/mol. The Morgan fingerprint density at radius 1 is 1.22 bits per heavy atom. The van der Waals surface area contributed by atoms with Crippen molar-refractivity contribution >= 4 is 40.7 Å². The Balaban J connectivity index is 0.00000144. The average Bonchev–Trinajstić information content (AvgIpc) is 2.20. The van der Waals surface area contributed by atoms with Crippen LogP contribution in [0.5, 0.6) is 0 Å². The molecule has 0 aromatic heterocycles. The van der Waals surface area contributed by atoms with Crippen LogP contribution in [0.15, 0.2) is 22.7 Å². The summed E-state index contributed by atoms with van der Waals surface area (Å²) in [6.07, 6.45) is 2.26. The van der Waals surface area contributed by atoms with Crippen LogP contribution in [0.1, 0.15) is 24.0 Å². The van der Waals surface area contributed by atoms with Gasteiger partial charge in [-0.15, -0.1) is 24.8 Å². The number of hydrogen-bond acceptors (Lipinski definition) is 2. The van der Waals surface area contributed by atoms with E-state index in [1.54, 1.807) is 0 Å². The fourth-order valence-corrected chi connectivity index (χ4v) is 2.93. The van der Waals surface area contributed by atoms with Crippen molar-refractivity contribution in [3.8, 4) is 0 Å². The Kier molecular flexibility index (Phi) is 8.48. The summed E-state index contributed by atoms with van der Waals surface area (Å²) in [4.78, 5) is 2.49. The number of piperidine rings is 1. The first-order valence-electron chi connectivity index (χ1n) is 5.87. The molecule has 104 valence electrons. The average molecular weight is 356 g/mol. The largest absolute Gasteiger partial charge is 0.328 e. The molecule has 0 saturated carbocycles. The van der Waals surface area contributed by atoms with Crippen LogP contribution in [0, 0.1) is 6.92 Å². The lowest BCUT2D eigenvalue weighted by Crippen LogP contribution is -2.39. The summed E-state index contributed by atoms with van der Waals surface area (Å²) in [7, 11) is 0. The summed E-state index contributed by atoms with van der Waals surface area (Å²) in [5.41, 5.74) is 8.61. The van der Waals surface area contributed by atoms with Gasteiger partial charge in [-0.3, -0.25) is 4.90 Å². The maximum atomic E-state index is 5.90. The number of rotatable bonds is 2. The molecule has 1 fully saturated rings. The second kappa shape index (κ2) is 8.39. The van der Waals surface area contributed by atoms with E-state index in [1.807, 2.05) is 0 Å². The van der Waals surface area contributed by atoms with Crippen LogP contribution in [0.3, 0.4) is 0 Å². The van der Waals surface area contributed by atoms with E-state index in [0.29, 0.717) is 6.04 Å². The normalized spacial score (nSPS) is 16.8. The fraction of sp³-hybridized carbons (Fsp3) is 0.538. The standard InChI is InChI=1S/C13H19BrN2.2ClH/c1-10-6-11(8-12(14)7-10)9-16-4-2-13(15)3-5-16;;/h6-8,13H,2-5,9,15H2,1H3;2*1H. The smallest absolute Gasteiger partial charge is 0.0234 e. The second-order valence-electron chi connectivity index (χ2n) is 4.75. The molecule has 1 aliphatic heterocycles. The number of nitrogens with two attached hydrogens (primary N) is 1. The van der Waals surface area contributed by atoms with Gasteiger partial charge in [0.25, 0.3) is 0 Å². The lowest BCUT2D eigenvalue weighted by molar-refractivity contribution is 0.205. The van der Waals surface area contributed by atoms with E-state index in [0.717, 1.165) is 32.5 Å². The molecule has 0 aliphatic carbocycles. The molecule has 2 nitrogen and oxygen atoms in total. The highest BCUT2D eigenvalue weighted by atomic mass is 79.9. The summed E-state index contributed by atoms with van der Waals surface area (Å²) >= 11 is 3.55. The van der Waals surface area contributed by atoms with Crippen LogP contribution in [0.2, 0.25) is 0 Å². The Labute approximate surface area is 130 Å². The van der Waals surface area contributed by atoms with Gasteiger partial charge in [0.2, 0.25) is 0 Å². The van der Waals surface area contributed by atoms with Crippen LogP contribution >= 0.6 is 40.7 Å². The topological polar surface area (TPSA) is 29.3 Å². The van der Waals surface area contributed by atoms with Crippen molar-refractivity contribution in [1.82, 2.24) is 4.90 Å². The van der Waals surface area contributed by atoms with E-state index in [4.69, 9.17) is 5.73 Å². The van der Waals surface area contributed by atoms with E-state index in [2.05, 4.69) is 46.0 Å². The number of hydrogen-bond donors (Lipinski definition) is 1. The number of likely N-dealkylation sites (tertiary alicyclic amines) is 1. The lowest BCUT2D eigenvalue weighted by atomic mass is 10.0. The Bertz CT molecular complexity index is 346. The molecule has 1 aliphatic rings. The second-order valence-corrected chi connectivity index (χ2v) is 5.67. The molecule has 5 heteroatoms. The van der Waals surface area contributed by atoms with E-state index in [9.17, 15) is 0 Å². The summed E-state index contributed by atoms with van der Waals surface area (Å²) in [5.74, 6) is 0. The minimum absolute atomic E-state index is 0. The van der Waals surface area contributed by atoms with E-state index < -0.39 is 0 Å². The van der Waals surface area contributed by atoms with Gasteiger partial charge < -0.3 is 5.73 Å². The summed E-state index contributed by atoms with van der Waals surface area (Å²) in [5, 5.41) is 0. The molecule has 1 aromatic rings. The molecule has 1 saturated heterocycles. The number of nitrogens with zero attached hydrogens (tertiary/aromatic N) is 1. The molecule has 0 unspecified atom stereocenters. The van der Waals surface area contributed by atoms with Crippen molar-refractivity contribution in [2.75, 3.05) is 13.1 Å². The highest BCUT2D eigenvalue weighted by Gasteiger charge is 2.15. The van der Waals surface area contributed by atoms with Gasteiger partial charge in [-0.1, -0.05) is 22.0 Å². The molecule has 1 aromatic carbocycles. The predicted octanol–water partition coefficient (Wildman–Crippen LogP) is 3.52. The van der Waals surface area contributed by atoms with Crippen molar-refractivity contribution < 1.29 is 0 Å². The molecule has 0 spiro atoms. The van der Waals surface area contributed by atoms with Gasteiger partial charge in [0.05, 0.1) is 0 Å². The van der Waals surface area contributed by atoms with Gasteiger partial charge in [0.1, 0.15) is 0 Å². The first-order valence-corrected chi connectivity index (χ1v) is 6.67. The van der Waals surface area contributed by atoms with E-state index in [1.165, 1.54) is 15.6 Å². The molecule has 2 rings (SSSR count). The van der Waals surface area contributed by atoms with Crippen molar-refractivity contribution in [2.45, 2.75) is 32.4 Å². The van der Waals surface area contributed by atoms with Crippen molar-refractivity contribution in [3.05, 3.63) is 33.8 Å². The SMILES string of the molecule is Cc1cc(Br)cc(CN2CCC(N)CC2)c1.Cl.Cl. The number of aryl methyl sites for hydroxylation is 1. The zero-order valence-electron chi connectivity index (χ0n) is 10.6. The molecule has 0 amide bonds. The minimum Gasteiger partial charge on any atom is -0.328 e. The van der Waals surface area contributed by atoms with Crippen molar-refractivity contribution in [1.29, 1.82) is 0 Å². The quantitative estimate of drug-likeness (QED) is 0.879. The molecule has 0 radical (unpaired) electrons. The third-order valence-corrected chi connectivity index (χ3v) is 3.60. The van der Waals surface area contributed by atoms with Crippen molar-refractivity contribution in [2.24, 2.45) is 5.73 Å². The van der Waals surface area contributed by atoms with Gasteiger partial charge in [0, 0.05) is 17.1 Å². The summed E-state index contributed by atoms with van der Waals surface area (Å²) in [6.45, 7) is 5.45. The van der Waals surface area contributed by atoms with E-state index >= 15 is 0 Å². The van der Waals surface area contributed by atoms with E-state index in [-0.39, 0.29) is 24.8 Å². The Hall–Kier alpha value is 0.200. The van der Waals surface area contributed by atoms with Crippen LogP contribution in [-0.4, -0.2) is 24.0 Å². The first kappa shape index (κ1) is 18.2. The molecule has 18 heavy (non-hydrogen) atoms. The zero-order chi connectivity index (χ0) is 11.5. The fourth-order valence-electron chi connectivity index (χ4n) is 2.27. The molecular weight excluding hydrogens is 335 g/mol. The van der Waals surface area contributed by atoms with Crippen LogP contribution in [-0.2, 0) is 6.54 Å². The maximum Gasteiger partial charge on any atom is 0.0234 e. The van der Waals surface area contributed by atoms with Gasteiger partial charge in [-0.2, -0.15) is 0 Å². The number of halogens is 3. The third kappa shape index (κ3) is 5.45. The first-order chi connectivity index (χ1) is 7.63. The van der Waals surface area contributed by atoms with Crippen LogP contribution < -0.4 is 5.73 Å². The van der Waals surface area contributed by atoms with Crippen molar-refractivity contribution in [3.63, 3.8) is 0 Å². The summed E-state index contributed by atoms with van der Waals surface area (Å²) in [6, 6.07) is 7.04. The van der Waals surface area contributed by atoms with Crippen LogP contribution in [0.4, 0.5) is 0 Å². The molecule has 0 atom stereocenters. The van der Waals surface area contributed by atoms with Gasteiger partial charge >= 0.3 is 0 Å². The zero-order valence-corrected chi connectivity index (χ0v) is 13.8. The Morgan fingerprint density at radius 3 is 2.39 bits per heavy atom.